The second-order valence-corrected chi connectivity index (χ2v) is 3.89. The van der Waals surface area contributed by atoms with Crippen LogP contribution in [0.5, 0.6) is 0 Å². The van der Waals surface area contributed by atoms with Gasteiger partial charge in [0.1, 0.15) is 18.6 Å². The summed E-state index contributed by atoms with van der Waals surface area (Å²) in [7, 11) is 0. The van der Waals surface area contributed by atoms with Crippen LogP contribution in [-0.4, -0.2) is 28.5 Å². The minimum absolute atomic E-state index is 0.0260. The molecule has 1 N–H and O–H groups in total. The molecule has 0 aromatic carbocycles. The van der Waals surface area contributed by atoms with Crippen LogP contribution in [0.15, 0.2) is 0 Å². The number of quaternary nitrogens is 1. The molecule has 0 bridgehead atoms. The summed E-state index contributed by atoms with van der Waals surface area (Å²) in [6.45, 7) is 8.09. The van der Waals surface area contributed by atoms with E-state index >= 15 is 0 Å². The smallest absolute Gasteiger partial charge is 0.120 e. The van der Waals surface area contributed by atoms with E-state index in [1.54, 1.807) is 0 Å². The zero-order valence-corrected chi connectivity index (χ0v) is 6.52. The first-order valence-corrected chi connectivity index (χ1v) is 3.56. The lowest BCUT2D eigenvalue weighted by Crippen LogP contribution is -2.65. The first kappa shape index (κ1) is 7.03. The predicted molar refractivity (Wildman–Crippen MR) is 36.2 cm³/mol. The Morgan fingerprint density at radius 3 is 1.67 bits per heavy atom. The molecular formula is C7H16NO+. The van der Waals surface area contributed by atoms with Gasteiger partial charge in [0.2, 0.25) is 0 Å². The van der Waals surface area contributed by atoms with Gasteiger partial charge < -0.3 is 0 Å². The van der Waals surface area contributed by atoms with Crippen LogP contribution < -0.4 is 0 Å². The highest BCUT2D eigenvalue weighted by Crippen LogP contribution is 2.28. The average molecular weight is 130 g/mol. The van der Waals surface area contributed by atoms with E-state index < -0.39 is 0 Å². The lowest BCUT2D eigenvalue weighted by molar-refractivity contribution is -1.16. The van der Waals surface area contributed by atoms with Gasteiger partial charge in [0.15, 0.2) is 0 Å². The quantitative estimate of drug-likeness (QED) is 0.491. The van der Waals surface area contributed by atoms with Crippen molar-refractivity contribution < 1.29 is 9.85 Å². The largest absolute Gasteiger partial charge is 0.217 e. The summed E-state index contributed by atoms with van der Waals surface area (Å²) in [6.07, 6.45) is 1.17. The summed E-state index contributed by atoms with van der Waals surface area (Å²) in [5, 5.41) is 9.68. The van der Waals surface area contributed by atoms with E-state index in [0.717, 1.165) is 13.1 Å². The normalized spacial score (nSPS) is 25.3. The van der Waals surface area contributed by atoms with Crippen LogP contribution in [0.25, 0.3) is 0 Å². The molecule has 0 aromatic heterocycles. The number of hydrogen-bond donors (Lipinski definition) is 1. The first-order chi connectivity index (χ1) is 3.96. The van der Waals surface area contributed by atoms with Gasteiger partial charge in [0.05, 0.1) is 6.42 Å². The van der Waals surface area contributed by atoms with E-state index in [1.165, 1.54) is 6.42 Å². The zero-order chi connectivity index (χ0) is 7.12. The topological polar surface area (TPSA) is 20.2 Å². The van der Waals surface area contributed by atoms with Crippen molar-refractivity contribution in [3.05, 3.63) is 0 Å². The first-order valence-electron chi connectivity index (χ1n) is 3.56. The third-order valence-corrected chi connectivity index (χ3v) is 2.30. The second kappa shape index (κ2) is 1.70. The van der Waals surface area contributed by atoms with E-state index in [9.17, 15) is 5.21 Å². The van der Waals surface area contributed by atoms with E-state index in [-0.39, 0.29) is 10.2 Å². The highest BCUT2D eigenvalue weighted by atomic mass is 16.6. The Labute approximate surface area is 56.6 Å². The van der Waals surface area contributed by atoms with Gasteiger partial charge in [-0.1, -0.05) is 0 Å². The molecule has 1 aliphatic rings. The third kappa shape index (κ3) is 0.970. The van der Waals surface area contributed by atoms with Crippen LogP contribution in [-0.2, 0) is 0 Å². The van der Waals surface area contributed by atoms with Gasteiger partial charge in [0, 0.05) is 0 Å². The molecule has 54 valence electrons. The standard InChI is InChI=1S/C7H16NO/c1-7(2,3)8(9)5-4-6-8/h9H,4-6H2,1-3H3/q+1. The monoisotopic (exact) mass is 130 g/mol. The van der Waals surface area contributed by atoms with Crippen molar-refractivity contribution in [1.82, 2.24) is 0 Å². The summed E-state index contributed by atoms with van der Waals surface area (Å²) < 4.78 is 0.271. The Balaban J connectivity index is 2.59. The van der Waals surface area contributed by atoms with Crippen molar-refractivity contribution in [2.45, 2.75) is 32.7 Å². The van der Waals surface area contributed by atoms with Gasteiger partial charge in [-0.25, -0.2) is 5.21 Å². The fourth-order valence-electron chi connectivity index (χ4n) is 1.13. The Bertz CT molecular complexity index is 111. The van der Waals surface area contributed by atoms with Crippen LogP contribution in [0.3, 0.4) is 0 Å². The van der Waals surface area contributed by atoms with E-state index in [2.05, 4.69) is 20.8 Å². The van der Waals surface area contributed by atoms with Crippen molar-refractivity contribution in [2.75, 3.05) is 13.1 Å². The molecule has 0 atom stereocenters. The molecule has 1 aliphatic heterocycles. The molecule has 0 amide bonds. The molecule has 2 nitrogen and oxygen atoms in total. The predicted octanol–water partition coefficient (Wildman–Crippen LogP) is 1.39. The highest BCUT2D eigenvalue weighted by molar-refractivity contribution is 4.64. The van der Waals surface area contributed by atoms with Crippen molar-refractivity contribution >= 4 is 0 Å². The molecule has 0 unspecified atom stereocenters. The fourth-order valence-corrected chi connectivity index (χ4v) is 1.13. The minimum atomic E-state index is 0.0260. The summed E-state index contributed by atoms with van der Waals surface area (Å²) >= 11 is 0. The molecule has 0 radical (unpaired) electrons. The number of hydrogen-bond acceptors (Lipinski definition) is 1. The van der Waals surface area contributed by atoms with Crippen LogP contribution in [0, 0.1) is 0 Å². The maximum Gasteiger partial charge on any atom is 0.120 e. The molecule has 1 saturated heterocycles. The van der Waals surface area contributed by atoms with Gasteiger partial charge >= 0.3 is 0 Å². The summed E-state index contributed by atoms with van der Waals surface area (Å²) in [5.41, 5.74) is 0.0260. The van der Waals surface area contributed by atoms with Gasteiger partial charge in [-0.3, -0.25) is 0 Å². The van der Waals surface area contributed by atoms with Gasteiger partial charge in [-0.2, -0.15) is 4.65 Å². The van der Waals surface area contributed by atoms with E-state index in [4.69, 9.17) is 0 Å². The van der Waals surface area contributed by atoms with Gasteiger partial charge in [0.25, 0.3) is 0 Å². The third-order valence-electron chi connectivity index (χ3n) is 2.30. The highest BCUT2D eigenvalue weighted by Gasteiger charge is 2.45. The van der Waals surface area contributed by atoms with Crippen LogP contribution in [0.2, 0.25) is 0 Å². The maximum atomic E-state index is 9.68. The zero-order valence-electron chi connectivity index (χ0n) is 6.52. The molecule has 1 rings (SSSR count). The van der Waals surface area contributed by atoms with Crippen molar-refractivity contribution in [2.24, 2.45) is 0 Å². The lowest BCUT2D eigenvalue weighted by atomic mass is 10.00. The van der Waals surface area contributed by atoms with Crippen molar-refractivity contribution in [3.63, 3.8) is 0 Å². The van der Waals surface area contributed by atoms with Crippen LogP contribution in [0.4, 0.5) is 0 Å². The van der Waals surface area contributed by atoms with E-state index in [0.29, 0.717) is 0 Å². The fraction of sp³-hybridized carbons (Fsp3) is 1.00. The maximum absolute atomic E-state index is 9.68. The average Bonchev–Trinajstić information content (AvgIpc) is 1.57. The summed E-state index contributed by atoms with van der Waals surface area (Å²) in [5.74, 6) is 0. The molecule has 2 heteroatoms. The Kier molecular flexibility index (Phi) is 1.33. The molecule has 9 heavy (non-hydrogen) atoms. The van der Waals surface area contributed by atoms with Gasteiger partial charge in [-0.15, -0.1) is 0 Å². The number of rotatable bonds is 0. The van der Waals surface area contributed by atoms with Crippen molar-refractivity contribution in [3.8, 4) is 0 Å². The van der Waals surface area contributed by atoms with E-state index in [1.807, 2.05) is 0 Å². The molecule has 1 fully saturated rings. The Hall–Kier alpha value is -0.0800. The molecule has 1 heterocycles. The summed E-state index contributed by atoms with van der Waals surface area (Å²) in [4.78, 5) is 0. The molecular weight excluding hydrogens is 114 g/mol. The Morgan fingerprint density at radius 1 is 1.22 bits per heavy atom. The lowest BCUT2D eigenvalue weighted by Gasteiger charge is -2.47. The number of hydroxylamine groups is 3. The number of likely N-dealkylation sites (tertiary alicyclic amines) is 1. The second-order valence-electron chi connectivity index (χ2n) is 3.89. The SMILES string of the molecule is CC(C)(C)[N+]1(O)CCC1. The Morgan fingerprint density at radius 2 is 1.67 bits per heavy atom. The molecule has 0 saturated carbocycles. The van der Waals surface area contributed by atoms with Gasteiger partial charge in [-0.05, 0) is 20.8 Å². The molecule has 0 aliphatic carbocycles. The summed E-state index contributed by atoms with van der Waals surface area (Å²) in [6, 6.07) is 0. The van der Waals surface area contributed by atoms with Crippen molar-refractivity contribution in [1.29, 1.82) is 0 Å². The minimum Gasteiger partial charge on any atom is -0.217 e. The van der Waals surface area contributed by atoms with Crippen LogP contribution >= 0.6 is 0 Å². The molecule has 0 aromatic rings. The molecule has 0 spiro atoms. The number of nitrogens with zero attached hydrogens (tertiary/aromatic N) is 1. The van der Waals surface area contributed by atoms with Crippen LogP contribution in [0.1, 0.15) is 27.2 Å².